The van der Waals surface area contributed by atoms with Crippen LogP contribution in [-0.4, -0.2) is 31.8 Å². The number of hydrogen-bond donors (Lipinski definition) is 3. The lowest BCUT2D eigenvalue weighted by Crippen LogP contribution is -2.13. The molecule has 0 bridgehead atoms. The van der Waals surface area contributed by atoms with Gasteiger partial charge in [-0.3, -0.25) is 10.1 Å². The number of aryl methyl sites for hydroxylation is 1. The second-order valence-electron chi connectivity index (χ2n) is 3.11. The van der Waals surface area contributed by atoms with Crippen LogP contribution in [-0.2, 0) is 7.05 Å². The maximum Gasteiger partial charge on any atom is 0.322 e. The van der Waals surface area contributed by atoms with Gasteiger partial charge in [-0.05, 0) is 0 Å². The van der Waals surface area contributed by atoms with E-state index in [0.717, 1.165) is 0 Å². The van der Waals surface area contributed by atoms with Gasteiger partial charge in [0.25, 0.3) is 0 Å². The summed E-state index contributed by atoms with van der Waals surface area (Å²) in [6.45, 7) is 0. The Bertz CT molecular complexity index is 488. The quantitative estimate of drug-likeness (QED) is 0.487. The number of nitrogen functional groups attached to an aromatic ring is 1. The first kappa shape index (κ1) is 11.1. The number of ether oxygens (including phenoxy) is 1. The Morgan fingerprint density at radius 1 is 1.29 bits per heavy atom. The molecule has 2 aromatic rings. The molecule has 2 aromatic heterocycles. The summed E-state index contributed by atoms with van der Waals surface area (Å²) in [5.74, 6) is 6.35. The molecule has 17 heavy (non-hydrogen) atoms. The molecule has 0 spiro atoms. The number of rotatable bonds is 4. The summed E-state index contributed by atoms with van der Waals surface area (Å²) in [7, 11) is 3.27. The first-order valence-corrected chi connectivity index (χ1v) is 4.74. The van der Waals surface area contributed by atoms with Gasteiger partial charge in [0.05, 0.1) is 7.11 Å². The second-order valence-corrected chi connectivity index (χ2v) is 3.11. The van der Waals surface area contributed by atoms with E-state index in [0.29, 0.717) is 11.8 Å². The van der Waals surface area contributed by atoms with E-state index in [2.05, 4.69) is 30.8 Å². The van der Waals surface area contributed by atoms with Gasteiger partial charge in [0.1, 0.15) is 0 Å². The molecule has 0 atom stereocenters. The van der Waals surface area contributed by atoms with E-state index in [-0.39, 0.29) is 12.0 Å². The molecule has 0 aliphatic heterocycles. The van der Waals surface area contributed by atoms with Crippen LogP contribution >= 0.6 is 0 Å². The molecule has 0 amide bonds. The third-order valence-electron chi connectivity index (χ3n) is 1.88. The number of methoxy groups -OCH3 is 1. The van der Waals surface area contributed by atoms with Crippen molar-refractivity contribution >= 4 is 17.7 Å². The van der Waals surface area contributed by atoms with Gasteiger partial charge in [-0.15, -0.1) is 0 Å². The molecule has 9 nitrogen and oxygen atoms in total. The molecule has 0 saturated carbocycles. The number of anilines is 3. The minimum atomic E-state index is 0.159. The lowest BCUT2D eigenvalue weighted by molar-refractivity contribution is 0.379. The van der Waals surface area contributed by atoms with Gasteiger partial charge < -0.3 is 10.1 Å². The Kier molecular flexibility index (Phi) is 3.01. The molecular weight excluding hydrogens is 224 g/mol. The first-order chi connectivity index (χ1) is 8.21. The van der Waals surface area contributed by atoms with Crippen molar-refractivity contribution in [1.82, 2.24) is 24.7 Å². The van der Waals surface area contributed by atoms with Crippen molar-refractivity contribution in [2.24, 2.45) is 12.9 Å². The minimum Gasteiger partial charge on any atom is -0.467 e. The van der Waals surface area contributed by atoms with Crippen LogP contribution in [0.4, 0.5) is 17.7 Å². The second kappa shape index (κ2) is 4.61. The van der Waals surface area contributed by atoms with Crippen LogP contribution in [0.2, 0.25) is 0 Å². The van der Waals surface area contributed by atoms with Crippen LogP contribution in [0.3, 0.4) is 0 Å². The molecule has 0 aliphatic carbocycles. The van der Waals surface area contributed by atoms with Gasteiger partial charge >= 0.3 is 6.01 Å². The number of nitrogens with two attached hydrogens (primary N) is 1. The largest absolute Gasteiger partial charge is 0.467 e. The highest BCUT2D eigenvalue weighted by Gasteiger charge is 2.07. The molecular formula is C8H12N8O. The Labute approximate surface area is 97.0 Å². The molecule has 0 fully saturated rings. The predicted octanol–water partition coefficient (Wildman–Crippen LogP) is -0.357. The van der Waals surface area contributed by atoms with Crippen molar-refractivity contribution in [2.45, 2.75) is 0 Å². The zero-order chi connectivity index (χ0) is 12.3. The molecule has 90 valence electrons. The Hall–Kier alpha value is -2.42. The third kappa shape index (κ3) is 2.58. The van der Waals surface area contributed by atoms with E-state index >= 15 is 0 Å². The van der Waals surface area contributed by atoms with E-state index < -0.39 is 0 Å². The van der Waals surface area contributed by atoms with Crippen LogP contribution in [0.1, 0.15) is 0 Å². The van der Waals surface area contributed by atoms with Crippen molar-refractivity contribution in [3.63, 3.8) is 0 Å². The fraction of sp³-hybridized carbons (Fsp3) is 0.250. The summed E-state index contributed by atoms with van der Waals surface area (Å²) in [6, 6.07) is 1.94. The minimum absolute atomic E-state index is 0.159. The van der Waals surface area contributed by atoms with Crippen molar-refractivity contribution in [3.05, 3.63) is 12.3 Å². The normalized spacial score (nSPS) is 10.1. The lowest BCUT2D eigenvalue weighted by Gasteiger charge is -2.05. The topological polar surface area (TPSA) is 116 Å². The molecule has 2 rings (SSSR count). The fourth-order valence-corrected chi connectivity index (χ4v) is 1.16. The molecule has 4 N–H and O–H groups in total. The monoisotopic (exact) mass is 236 g/mol. The van der Waals surface area contributed by atoms with Crippen LogP contribution in [0.5, 0.6) is 6.01 Å². The van der Waals surface area contributed by atoms with Crippen molar-refractivity contribution < 1.29 is 4.74 Å². The smallest absolute Gasteiger partial charge is 0.322 e. The summed E-state index contributed by atoms with van der Waals surface area (Å²) < 4.78 is 6.57. The first-order valence-electron chi connectivity index (χ1n) is 4.74. The van der Waals surface area contributed by atoms with Crippen LogP contribution in [0, 0.1) is 0 Å². The van der Waals surface area contributed by atoms with Crippen LogP contribution < -0.4 is 21.3 Å². The predicted molar refractivity (Wildman–Crippen MR) is 60.7 cm³/mol. The van der Waals surface area contributed by atoms with Gasteiger partial charge in [0.15, 0.2) is 5.82 Å². The summed E-state index contributed by atoms with van der Waals surface area (Å²) in [5, 5.41) is 7.03. The number of nitrogens with zero attached hydrogens (tertiary/aromatic N) is 5. The van der Waals surface area contributed by atoms with Crippen LogP contribution in [0.15, 0.2) is 12.3 Å². The number of aromatic nitrogens is 5. The van der Waals surface area contributed by atoms with E-state index in [4.69, 9.17) is 10.6 Å². The van der Waals surface area contributed by atoms with Crippen LogP contribution in [0.25, 0.3) is 0 Å². The molecule has 0 aromatic carbocycles. The van der Waals surface area contributed by atoms with E-state index in [1.54, 1.807) is 16.9 Å². The highest BCUT2D eigenvalue weighted by atomic mass is 16.5. The maximum atomic E-state index is 5.23. The van der Waals surface area contributed by atoms with Crippen molar-refractivity contribution in [2.75, 3.05) is 17.9 Å². The van der Waals surface area contributed by atoms with Crippen molar-refractivity contribution in [1.29, 1.82) is 0 Å². The molecule has 0 saturated heterocycles. The van der Waals surface area contributed by atoms with Gasteiger partial charge in [0, 0.05) is 19.3 Å². The average molecular weight is 236 g/mol. The highest BCUT2D eigenvalue weighted by Crippen LogP contribution is 2.13. The van der Waals surface area contributed by atoms with E-state index in [1.807, 2.05) is 7.05 Å². The van der Waals surface area contributed by atoms with E-state index in [1.165, 1.54) is 7.11 Å². The molecule has 2 heterocycles. The highest BCUT2D eigenvalue weighted by molar-refractivity contribution is 5.48. The SMILES string of the molecule is COc1nc(NN)nc(Nc2ccn(C)n2)n1. The molecule has 9 heteroatoms. The summed E-state index contributed by atoms with van der Waals surface area (Å²) in [6.07, 6.45) is 1.79. The number of hydrogen-bond acceptors (Lipinski definition) is 8. The standard InChI is InChI=1S/C8H12N8O/c1-16-4-3-5(15-16)10-6-11-7(14-9)13-8(12-6)17-2/h3-4H,9H2,1-2H3,(H2,10,11,12,13,14,15). The number of hydrazine groups is 1. The average Bonchev–Trinajstić information content (AvgIpc) is 2.74. The molecule has 0 aliphatic rings. The summed E-state index contributed by atoms with van der Waals surface area (Å²) in [4.78, 5) is 11.9. The Morgan fingerprint density at radius 3 is 2.65 bits per heavy atom. The van der Waals surface area contributed by atoms with E-state index in [9.17, 15) is 0 Å². The van der Waals surface area contributed by atoms with Crippen molar-refractivity contribution in [3.8, 4) is 6.01 Å². The summed E-state index contributed by atoms with van der Waals surface area (Å²) >= 11 is 0. The zero-order valence-electron chi connectivity index (χ0n) is 9.38. The van der Waals surface area contributed by atoms with Gasteiger partial charge in [-0.2, -0.15) is 20.1 Å². The molecule has 0 radical (unpaired) electrons. The van der Waals surface area contributed by atoms with Gasteiger partial charge in [-0.25, -0.2) is 5.84 Å². The summed E-state index contributed by atoms with van der Waals surface area (Å²) in [5.41, 5.74) is 2.33. The zero-order valence-corrected chi connectivity index (χ0v) is 9.38. The van der Waals surface area contributed by atoms with Gasteiger partial charge in [0.2, 0.25) is 11.9 Å². The fourth-order valence-electron chi connectivity index (χ4n) is 1.16. The lowest BCUT2D eigenvalue weighted by atomic mass is 10.6. The maximum absolute atomic E-state index is 5.23. The van der Waals surface area contributed by atoms with Gasteiger partial charge in [-0.1, -0.05) is 0 Å². The Balaban J connectivity index is 2.25. The molecule has 0 unspecified atom stereocenters. The third-order valence-corrected chi connectivity index (χ3v) is 1.88. The number of nitrogens with one attached hydrogen (secondary N) is 2. The Morgan fingerprint density at radius 2 is 2.06 bits per heavy atom.